The summed E-state index contributed by atoms with van der Waals surface area (Å²) in [5, 5.41) is 12.8. The second kappa shape index (κ2) is 4.75. The number of carboxylic acid groups (broad SMARTS) is 1. The van der Waals surface area contributed by atoms with Gasteiger partial charge in [0.2, 0.25) is 0 Å². The van der Waals surface area contributed by atoms with Gasteiger partial charge in [0.15, 0.2) is 0 Å². The minimum absolute atomic E-state index is 0.0127. The van der Waals surface area contributed by atoms with Crippen LogP contribution < -0.4 is 11.1 Å². The third-order valence-corrected chi connectivity index (χ3v) is 3.05. The van der Waals surface area contributed by atoms with Crippen molar-refractivity contribution in [2.24, 2.45) is 0 Å². The zero-order chi connectivity index (χ0) is 15.0. The highest BCUT2D eigenvalue weighted by Crippen LogP contribution is 2.15. The van der Waals surface area contributed by atoms with E-state index in [9.17, 15) is 14.4 Å². The van der Waals surface area contributed by atoms with Crippen LogP contribution in [0.25, 0.3) is 11.0 Å². The van der Waals surface area contributed by atoms with Gasteiger partial charge in [0.1, 0.15) is 12.0 Å². The first-order valence-corrected chi connectivity index (χ1v) is 5.96. The van der Waals surface area contributed by atoms with Gasteiger partial charge < -0.3 is 14.6 Å². The Kier molecular flexibility index (Phi) is 2.90. The fourth-order valence-electron chi connectivity index (χ4n) is 2.11. The van der Waals surface area contributed by atoms with E-state index < -0.39 is 17.1 Å². The number of carboxylic acids is 1. The van der Waals surface area contributed by atoms with E-state index in [2.05, 4.69) is 14.7 Å². The summed E-state index contributed by atoms with van der Waals surface area (Å²) in [6.07, 6.45) is 1.35. The third-order valence-electron chi connectivity index (χ3n) is 3.05. The van der Waals surface area contributed by atoms with Crippen molar-refractivity contribution >= 4 is 17.0 Å². The van der Waals surface area contributed by atoms with E-state index in [1.165, 1.54) is 23.0 Å². The highest BCUT2D eigenvalue weighted by molar-refractivity contribution is 6.00. The molecule has 2 N–H and O–H groups in total. The lowest BCUT2D eigenvalue weighted by molar-refractivity contribution is 0.0699. The van der Waals surface area contributed by atoms with E-state index in [1.807, 2.05) is 0 Å². The van der Waals surface area contributed by atoms with Crippen LogP contribution in [0, 0.1) is 0 Å². The van der Waals surface area contributed by atoms with Gasteiger partial charge in [-0.1, -0.05) is 11.2 Å². The number of carbonyl (C=O) groups is 1. The number of benzene rings is 1. The number of nitrogens with one attached hydrogen (secondary N) is 1. The molecule has 2 heterocycles. The minimum atomic E-state index is -1.19. The van der Waals surface area contributed by atoms with Crippen LogP contribution in [0.15, 0.2) is 44.6 Å². The number of aromatic amines is 1. The van der Waals surface area contributed by atoms with Gasteiger partial charge in [0.25, 0.3) is 0 Å². The van der Waals surface area contributed by atoms with Gasteiger partial charge >= 0.3 is 17.1 Å². The van der Waals surface area contributed by atoms with Crippen molar-refractivity contribution < 1.29 is 14.4 Å². The van der Waals surface area contributed by atoms with Crippen LogP contribution in [0.1, 0.15) is 16.1 Å². The fourth-order valence-corrected chi connectivity index (χ4v) is 2.11. The van der Waals surface area contributed by atoms with E-state index in [4.69, 9.17) is 5.11 Å². The molecule has 0 saturated carbocycles. The number of aromatic carboxylic acids is 1. The van der Waals surface area contributed by atoms with Gasteiger partial charge in [-0.2, -0.15) is 0 Å². The monoisotopic (exact) mass is 287 g/mol. The molecule has 8 heteroatoms. The summed E-state index contributed by atoms with van der Waals surface area (Å²) in [4.78, 5) is 37.3. The predicted molar refractivity (Wildman–Crippen MR) is 71.4 cm³/mol. The maximum absolute atomic E-state index is 12.0. The molecule has 0 fully saturated rings. The number of H-pyrrole nitrogens is 1. The largest absolute Gasteiger partial charge is 0.478 e. The molecule has 21 heavy (non-hydrogen) atoms. The summed E-state index contributed by atoms with van der Waals surface area (Å²) >= 11 is 0. The quantitative estimate of drug-likeness (QED) is 0.674. The van der Waals surface area contributed by atoms with Crippen LogP contribution in [0.3, 0.4) is 0 Å². The number of nitrogens with zero attached hydrogens (tertiary/aromatic N) is 2. The Morgan fingerprint density at radius 2 is 2.14 bits per heavy atom. The van der Waals surface area contributed by atoms with E-state index in [1.54, 1.807) is 12.1 Å². The summed E-state index contributed by atoms with van der Waals surface area (Å²) in [6, 6.07) is 5.97. The van der Waals surface area contributed by atoms with E-state index >= 15 is 0 Å². The summed E-state index contributed by atoms with van der Waals surface area (Å²) in [6.45, 7) is 0.0127. The average molecular weight is 287 g/mol. The van der Waals surface area contributed by atoms with Gasteiger partial charge in [0.05, 0.1) is 23.1 Å². The number of hydrogen-bond acceptors (Lipinski definition) is 5. The Balaban J connectivity index is 2.35. The first-order chi connectivity index (χ1) is 10.1. The Morgan fingerprint density at radius 3 is 2.81 bits per heavy atom. The number of rotatable bonds is 3. The molecular formula is C13H9N3O5. The lowest BCUT2D eigenvalue weighted by atomic mass is 10.1. The molecule has 3 aromatic rings. The predicted octanol–water partition coefficient (Wildman–Crippen LogP) is 0.424. The van der Waals surface area contributed by atoms with E-state index in [0.717, 1.165) is 0 Å². The van der Waals surface area contributed by atoms with Gasteiger partial charge in [-0.25, -0.2) is 4.79 Å². The number of fused-ring (bicyclic) bond motifs is 1. The van der Waals surface area contributed by atoms with Crippen molar-refractivity contribution in [2.75, 3.05) is 0 Å². The van der Waals surface area contributed by atoms with E-state index in [0.29, 0.717) is 11.2 Å². The molecule has 0 aliphatic rings. The third kappa shape index (κ3) is 2.12. The highest BCUT2D eigenvalue weighted by Gasteiger charge is 2.15. The van der Waals surface area contributed by atoms with Gasteiger partial charge in [-0.05, 0) is 12.1 Å². The van der Waals surface area contributed by atoms with Crippen LogP contribution in [0.2, 0.25) is 0 Å². The zero-order valence-electron chi connectivity index (χ0n) is 10.6. The molecule has 1 aromatic carbocycles. The summed E-state index contributed by atoms with van der Waals surface area (Å²) < 4.78 is 5.85. The van der Waals surface area contributed by atoms with Gasteiger partial charge in [-0.3, -0.25) is 14.2 Å². The molecule has 0 unspecified atom stereocenters. The maximum Gasteiger partial charge on any atom is 0.337 e. The SMILES string of the molecule is O=C(O)c1cccc2c1[nH]c(=O)c(=O)n2Cc1ccon1. The van der Waals surface area contributed by atoms with Gasteiger partial charge in [-0.15, -0.1) is 0 Å². The van der Waals surface area contributed by atoms with E-state index in [-0.39, 0.29) is 17.6 Å². The Hall–Kier alpha value is -3.16. The van der Waals surface area contributed by atoms with Crippen LogP contribution in [-0.2, 0) is 6.54 Å². The molecule has 0 aliphatic carbocycles. The Bertz CT molecular complexity index is 937. The van der Waals surface area contributed by atoms with Crippen LogP contribution in [-0.4, -0.2) is 25.8 Å². The topological polar surface area (TPSA) is 118 Å². The van der Waals surface area contributed by atoms with Crippen LogP contribution in [0.5, 0.6) is 0 Å². The first kappa shape index (κ1) is 12.9. The smallest absolute Gasteiger partial charge is 0.337 e. The van der Waals surface area contributed by atoms with Crippen LogP contribution >= 0.6 is 0 Å². The molecule has 3 rings (SSSR count). The van der Waals surface area contributed by atoms with Crippen molar-refractivity contribution in [2.45, 2.75) is 6.54 Å². The standard InChI is InChI=1S/C13H9N3O5/c17-11-12(18)16(6-7-4-5-21-15-7)9-3-1-2-8(13(19)20)10(9)14-11/h1-5H,6H2,(H,14,17)(H,19,20). The Labute approximate surface area is 116 Å². The fraction of sp³-hybridized carbons (Fsp3) is 0.0769. The van der Waals surface area contributed by atoms with Crippen molar-refractivity contribution in [3.05, 3.63) is 62.5 Å². The number of para-hydroxylation sites is 1. The summed E-state index contributed by atoms with van der Waals surface area (Å²) in [5.41, 5.74) is -0.906. The highest BCUT2D eigenvalue weighted by atomic mass is 16.5. The normalized spacial score (nSPS) is 10.9. The molecule has 0 saturated heterocycles. The summed E-state index contributed by atoms with van der Waals surface area (Å²) in [7, 11) is 0. The van der Waals surface area contributed by atoms with Crippen molar-refractivity contribution in [1.29, 1.82) is 0 Å². The zero-order valence-corrected chi connectivity index (χ0v) is 10.6. The number of hydrogen-bond donors (Lipinski definition) is 2. The molecule has 0 bridgehead atoms. The first-order valence-electron chi connectivity index (χ1n) is 5.96. The molecule has 8 nitrogen and oxygen atoms in total. The molecular weight excluding hydrogens is 278 g/mol. The lowest BCUT2D eigenvalue weighted by Crippen LogP contribution is -2.37. The van der Waals surface area contributed by atoms with Crippen molar-refractivity contribution in [3.63, 3.8) is 0 Å². The van der Waals surface area contributed by atoms with Crippen LogP contribution in [0.4, 0.5) is 0 Å². The average Bonchev–Trinajstić information content (AvgIpc) is 2.96. The maximum atomic E-state index is 12.0. The molecule has 0 aliphatic heterocycles. The Morgan fingerprint density at radius 1 is 1.33 bits per heavy atom. The minimum Gasteiger partial charge on any atom is -0.478 e. The second-order valence-corrected chi connectivity index (χ2v) is 4.34. The lowest BCUT2D eigenvalue weighted by Gasteiger charge is -2.09. The van der Waals surface area contributed by atoms with Gasteiger partial charge in [0, 0.05) is 6.07 Å². The van der Waals surface area contributed by atoms with Crippen molar-refractivity contribution in [3.8, 4) is 0 Å². The van der Waals surface area contributed by atoms with Crippen molar-refractivity contribution in [1.82, 2.24) is 14.7 Å². The molecule has 0 radical (unpaired) electrons. The molecule has 106 valence electrons. The summed E-state index contributed by atoms with van der Waals surface area (Å²) in [5.74, 6) is -1.19. The molecule has 2 aromatic heterocycles. The number of aromatic nitrogens is 3. The molecule has 0 amide bonds. The second-order valence-electron chi connectivity index (χ2n) is 4.34. The molecule has 0 spiro atoms. The molecule has 0 atom stereocenters.